The van der Waals surface area contributed by atoms with Gasteiger partial charge in [0.25, 0.3) is 0 Å². The molecule has 4 amide bonds. The molecular weight excluding hydrogens is 564 g/mol. The highest BCUT2D eigenvalue weighted by atomic mass is 32.1. The molecule has 10 N–H and O–H groups in total. The summed E-state index contributed by atoms with van der Waals surface area (Å²) < 4.78 is 0. The van der Waals surface area contributed by atoms with Crippen LogP contribution in [-0.2, 0) is 36.8 Å². The number of hydrogen-bond donors (Lipinski definition) is 9. The zero-order valence-electron chi connectivity index (χ0n) is 22.6. The van der Waals surface area contributed by atoms with Gasteiger partial charge >= 0.3 is 5.97 Å². The quantitative estimate of drug-likeness (QED) is 0.105. The van der Waals surface area contributed by atoms with Crippen molar-refractivity contribution in [2.24, 2.45) is 11.5 Å². The normalized spacial score (nSPS) is 13.9. The number of carboxylic acids is 1. The van der Waals surface area contributed by atoms with Gasteiger partial charge in [0.05, 0.1) is 6.04 Å². The third-order valence-electron chi connectivity index (χ3n) is 6.58. The maximum absolute atomic E-state index is 13.6. The van der Waals surface area contributed by atoms with E-state index in [1.807, 2.05) is 24.3 Å². The van der Waals surface area contributed by atoms with Crippen molar-refractivity contribution in [1.82, 2.24) is 20.9 Å². The predicted molar refractivity (Wildman–Crippen MR) is 157 cm³/mol. The van der Waals surface area contributed by atoms with E-state index < -0.39 is 53.8 Å². The summed E-state index contributed by atoms with van der Waals surface area (Å²) in [4.78, 5) is 65.5. The first-order valence-electron chi connectivity index (χ1n) is 13.1. The van der Waals surface area contributed by atoms with Gasteiger partial charge in [0, 0.05) is 42.1 Å². The smallest absolute Gasteiger partial charge is 0.327 e. The molecule has 0 aliphatic heterocycles. The van der Waals surface area contributed by atoms with Crippen LogP contribution in [0.15, 0.2) is 54.7 Å². The minimum Gasteiger partial charge on any atom is -0.508 e. The van der Waals surface area contributed by atoms with Crippen molar-refractivity contribution in [3.05, 3.63) is 65.9 Å². The molecule has 3 rings (SSSR count). The van der Waals surface area contributed by atoms with Crippen molar-refractivity contribution in [2.75, 3.05) is 5.75 Å². The number of aromatic amines is 1. The number of carboxylic acid groups (broad SMARTS) is 1. The van der Waals surface area contributed by atoms with E-state index in [2.05, 4.69) is 33.6 Å². The van der Waals surface area contributed by atoms with Crippen molar-refractivity contribution in [3.8, 4) is 5.75 Å². The Morgan fingerprint density at radius 3 is 2.07 bits per heavy atom. The molecular formula is C28H34N6O7S. The molecule has 14 heteroatoms. The number of benzene rings is 2. The average molecular weight is 599 g/mol. The van der Waals surface area contributed by atoms with Crippen molar-refractivity contribution in [1.29, 1.82) is 0 Å². The average Bonchev–Trinajstić information content (AvgIpc) is 3.37. The monoisotopic (exact) mass is 598 g/mol. The number of rotatable bonds is 15. The van der Waals surface area contributed by atoms with Gasteiger partial charge in [-0.1, -0.05) is 30.3 Å². The van der Waals surface area contributed by atoms with Crippen molar-refractivity contribution >= 4 is 53.1 Å². The Bertz CT molecular complexity index is 1430. The third kappa shape index (κ3) is 8.97. The summed E-state index contributed by atoms with van der Waals surface area (Å²) in [5, 5.41) is 27.5. The molecule has 13 nitrogen and oxygen atoms in total. The van der Waals surface area contributed by atoms with Gasteiger partial charge in [-0.05, 0) is 35.7 Å². The minimum atomic E-state index is -1.31. The Morgan fingerprint density at radius 1 is 0.857 bits per heavy atom. The van der Waals surface area contributed by atoms with Gasteiger partial charge in [-0.25, -0.2) is 4.79 Å². The number of phenols is 1. The molecule has 0 saturated carbocycles. The Morgan fingerprint density at radius 2 is 1.45 bits per heavy atom. The third-order valence-corrected chi connectivity index (χ3v) is 6.94. The molecule has 4 unspecified atom stereocenters. The summed E-state index contributed by atoms with van der Waals surface area (Å²) in [6.07, 6.45) is 1.49. The first-order valence-corrected chi connectivity index (χ1v) is 13.7. The highest BCUT2D eigenvalue weighted by Gasteiger charge is 2.31. The van der Waals surface area contributed by atoms with Gasteiger partial charge in [-0.3, -0.25) is 19.2 Å². The summed E-state index contributed by atoms with van der Waals surface area (Å²) >= 11 is 3.99. The fourth-order valence-electron chi connectivity index (χ4n) is 4.24. The van der Waals surface area contributed by atoms with E-state index in [4.69, 9.17) is 11.5 Å². The second-order valence-corrected chi connectivity index (χ2v) is 10.1. The lowest BCUT2D eigenvalue weighted by Crippen LogP contribution is -2.58. The van der Waals surface area contributed by atoms with E-state index in [0.29, 0.717) is 11.1 Å². The van der Waals surface area contributed by atoms with Crippen molar-refractivity contribution < 1.29 is 34.2 Å². The summed E-state index contributed by atoms with van der Waals surface area (Å²) in [5.41, 5.74) is 13.1. The molecule has 42 heavy (non-hydrogen) atoms. The van der Waals surface area contributed by atoms with Crippen molar-refractivity contribution in [3.63, 3.8) is 0 Å². The van der Waals surface area contributed by atoms with Crippen LogP contribution in [0.25, 0.3) is 10.9 Å². The van der Waals surface area contributed by atoms with Gasteiger partial charge in [0.15, 0.2) is 0 Å². The molecule has 0 saturated heterocycles. The standard InChI is InChI=1S/C28H34N6O7S/c29-19(9-10-24(30)36)25(37)32-21(11-15-5-7-17(35)8-6-15)26(38)33-22(27(39)34-23(14-42)28(40)41)12-16-13-31-20-4-2-1-3-18(16)20/h1-8,13,19,21-23,31,35,42H,9-12,14,29H2,(H2,30,36)(H,32,37)(H,33,38)(H,34,39)(H,40,41). The molecule has 0 spiro atoms. The number of thiol groups is 1. The summed E-state index contributed by atoms with van der Waals surface area (Å²) in [7, 11) is 0. The van der Waals surface area contributed by atoms with E-state index in [1.54, 1.807) is 18.3 Å². The minimum absolute atomic E-state index is 0.00149. The first-order chi connectivity index (χ1) is 20.0. The zero-order valence-corrected chi connectivity index (χ0v) is 23.5. The fraction of sp³-hybridized carbons (Fsp3) is 0.321. The molecule has 3 aromatic rings. The molecule has 0 radical (unpaired) electrons. The molecule has 4 atom stereocenters. The number of aliphatic carboxylic acids is 1. The number of hydrogen-bond acceptors (Lipinski definition) is 8. The number of primary amides is 1. The molecule has 0 aliphatic rings. The van der Waals surface area contributed by atoms with Crippen LogP contribution in [0, 0.1) is 0 Å². The number of nitrogens with one attached hydrogen (secondary N) is 4. The second kappa shape index (κ2) is 14.9. The number of phenolic OH excluding ortho intramolecular Hbond substituents is 1. The molecule has 224 valence electrons. The van der Waals surface area contributed by atoms with E-state index in [0.717, 1.165) is 10.9 Å². The predicted octanol–water partition coefficient (Wildman–Crippen LogP) is -0.280. The lowest BCUT2D eigenvalue weighted by molar-refractivity contribution is -0.141. The lowest BCUT2D eigenvalue weighted by Gasteiger charge is -2.25. The molecule has 2 aromatic carbocycles. The van der Waals surface area contributed by atoms with Crippen molar-refractivity contribution in [2.45, 2.75) is 49.9 Å². The van der Waals surface area contributed by atoms with Crippen LogP contribution >= 0.6 is 12.6 Å². The number of amides is 4. The SMILES string of the molecule is NC(=O)CCC(N)C(=O)NC(Cc1ccc(O)cc1)C(=O)NC(Cc1c[nH]c2ccccc12)C(=O)NC(CS)C(=O)O. The number of carbonyl (C=O) groups is 5. The van der Waals surface area contributed by atoms with E-state index in [1.165, 1.54) is 12.1 Å². The highest BCUT2D eigenvalue weighted by molar-refractivity contribution is 7.80. The van der Waals surface area contributed by atoms with E-state index >= 15 is 0 Å². The first kappa shape index (κ1) is 32.0. The molecule has 0 fully saturated rings. The van der Waals surface area contributed by atoms with Crippen LogP contribution in [0.4, 0.5) is 0 Å². The Kier molecular flexibility index (Phi) is 11.3. The second-order valence-electron chi connectivity index (χ2n) is 9.75. The van der Waals surface area contributed by atoms with Gasteiger partial charge in [0.1, 0.15) is 23.9 Å². The van der Waals surface area contributed by atoms with Gasteiger partial charge in [0.2, 0.25) is 23.6 Å². The summed E-state index contributed by atoms with van der Waals surface area (Å²) in [6.45, 7) is 0. The van der Waals surface area contributed by atoms with Crippen LogP contribution in [-0.4, -0.2) is 74.7 Å². The van der Waals surface area contributed by atoms with Crippen LogP contribution in [0.5, 0.6) is 5.75 Å². The fourth-order valence-corrected chi connectivity index (χ4v) is 4.49. The van der Waals surface area contributed by atoms with Crippen LogP contribution in [0.3, 0.4) is 0 Å². The zero-order chi connectivity index (χ0) is 30.8. The number of carbonyl (C=O) groups excluding carboxylic acids is 4. The maximum atomic E-state index is 13.6. The lowest BCUT2D eigenvalue weighted by atomic mass is 10.0. The number of aromatic nitrogens is 1. The Hall–Kier alpha value is -4.56. The van der Waals surface area contributed by atoms with E-state index in [-0.39, 0.29) is 37.2 Å². The number of H-pyrrole nitrogens is 1. The maximum Gasteiger partial charge on any atom is 0.327 e. The highest BCUT2D eigenvalue weighted by Crippen LogP contribution is 2.19. The molecule has 1 heterocycles. The summed E-state index contributed by atoms with van der Waals surface area (Å²) in [5.74, 6) is -4.32. The van der Waals surface area contributed by atoms with Gasteiger partial charge in [-0.2, -0.15) is 12.6 Å². The topological polar surface area (TPSA) is 230 Å². The van der Waals surface area contributed by atoms with Crippen LogP contribution in [0.1, 0.15) is 24.0 Å². The number of aromatic hydroxyl groups is 1. The van der Waals surface area contributed by atoms with Gasteiger partial charge in [-0.15, -0.1) is 0 Å². The van der Waals surface area contributed by atoms with Crippen LogP contribution in [0.2, 0.25) is 0 Å². The van der Waals surface area contributed by atoms with Crippen LogP contribution < -0.4 is 27.4 Å². The Balaban J connectivity index is 1.88. The molecule has 1 aromatic heterocycles. The summed E-state index contributed by atoms with van der Waals surface area (Å²) in [6, 6.07) is 8.41. The Labute approximate surface area is 246 Å². The number of fused-ring (bicyclic) bond motifs is 1. The molecule has 0 aliphatic carbocycles. The number of nitrogens with two attached hydrogens (primary N) is 2. The largest absolute Gasteiger partial charge is 0.508 e. The number of para-hydroxylation sites is 1. The van der Waals surface area contributed by atoms with E-state index in [9.17, 15) is 34.2 Å². The van der Waals surface area contributed by atoms with Gasteiger partial charge < -0.3 is 42.6 Å². The molecule has 0 bridgehead atoms.